The van der Waals surface area contributed by atoms with Crippen molar-refractivity contribution < 1.29 is 28.2 Å². The first-order valence-electron chi connectivity index (χ1n) is 7.71. The quantitative estimate of drug-likeness (QED) is 0.492. The normalized spacial score (nSPS) is 14.9. The van der Waals surface area contributed by atoms with Gasteiger partial charge in [0.15, 0.2) is 11.5 Å². The molecule has 9 heteroatoms. The van der Waals surface area contributed by atoms with Crippen molar-refractivity contribution in [2.24, 2.45) is 0 Å². The summed E-state index contributed by atoms with van der Waals surface area (Å²) >= 11 is 3.31. The highest BCUT2D eigenvalue weighted by atomic mass is 79.9. The Bertz CT molecular complexity index is 947. The van der Waals surface area contributed by atoms with E-state index in [1.807, 2.05) is 0 Å². The highest BCUT2D eigenvalue weighted by Crippen LogP contribution is 2.29. The molecule has 0 aliphatic carbocycles. The number of imide groups is 1. The number of aromatic hydroxyl groups is 1. The van der Waals surface area contributed by atoms with Crippen molar-refractivity contribution >= 4 is 33.3 Å². The van der Waals surface area contributed by atoms with Crippen LogP contribution < -0.4 is 15.4 Å². The summed E-state index contributed by atoms with van der Waals surface area (Å²) in [7, 11) is 0. The lowest BCUT2D eigenvalue weighted by Crippen LogP contribution is -2.37. The van der Waals surface area contributed by atoms with E-state index in [-0.39, 0.29) is 17.9 Å². The average molecular weight is 439 g/mol. The SMILES string of the molecule is O=C1NC(=O)c2ccc(Br)cc2/C1=C/NCc1ccc(OC(F)F)c(O)c1. The largest absolute Gasteiger partial charge is 0.504 e. The Labute approximate surface area is 161 Å². The standard InChI is InChI=1S/C18H13BrF2N2O4/c19-10-2-3-11-12(6-10)13(17(26)23-16(11)25)8-22-7-9-1-4-15(14(24)5-9)27-18(20)21/h1-6,8,18,22,24H,7H2,(H,23,25,26)/b13-8-. The van der Waals surface area contributed by atoms with Gasteiger partial charge >= 0.3 is 6.61 Å². The highest BCUT2D eigenvalue weighted by molar-refractivity contribution is 9.10. The first kappa shape index (κ1) is 18.8. The zero-order valence-electron chi connectivity index (χ0n) is 13.6. The van der Waals surface area contributed by atoms with Crippen molar-refractivity contribution in [3.8, 4) is 11.5 Å². The van der Waals surface area contributed by atoms with Crippen LogP contribution >= 0.6 is 15.9 Å². The summed E-state index contributed by atoms with van der Waals surface area (Å²) in [6, 6.07) is 8.97. The minimum Gasteiger partial charge on any atom is -0.504 e. The van der Waals surface area contributed by atoms with Crippen molar-refractivity contribution in [2.45, 2.75) is 13.2 Å². The molecule has 0 radical (unpaired) electrons. The lowest BCUT2D eigenvalue weighted by Gasteiger charge is -2.18. The monoisotopic (exact) mass is 438 g/mol. The summed E-state index contributed by atoms with van der Waals surface area (Å²) in [5.74, 6) is -1.76. The van der Waals surface area contributed by atoms with Crippen molar-refractivity contribution in [1.82, 2.24) is 10.6 Å². The fourth-order valence-electron chi connectivity index (χ4n) is 2.58. The fourth-order valence-corrected chi connectivity index (χ4v) is 2.94. The second-order valence-corrected chi connectivity index (χ2v) is 6.51. The first-order valence-corrected chi connectivity index (χ1v) is 8.50. The number of fused-ring (bicyclic) bond motifs is 1. The molecule has 6 nitrogen and oxygen atoms in total. The minimum absolute atomic E-state index is 0.205. The second kappa shape index (κ2) is 7.75. The molecule has 0 spiro atoms. The van der Waals surface area contributed by atoms with Crippen LogP contribution in [0.5, 0.6) is 11.5 Å². The summed E-state index contributed by atoms with van der Waals surface area (Å²) < 4.78 is 29.3. The third-order valence-corrected chi connectivity index (χ3v) is 4.27. The number of benzene rings is 2. The number of nitrogens with one attached hydrogen (secondary N) is 2. The van der Waals surface area contributed by atoms with Gasteiger partial charge in [-0.2, -0.15) is 8.78 Å². The molecule has 0 bridgehead atoms. The van der Waals surface area contributed by atoms with E-state index in [4.69, 9.17) is 0 Å². The molecule has 1 heterocycles. The first-order chi connectivity index (χ1) is 12.8. The maximum atomic E-state index is 12.2. The Morgan fingerprint density at radius 1 is 1.15 bits per heavy atom. The molecule has 2 aromatic rings. The molecule has 1 aliphatic rings. The number of hydrogen-bond donors (Lipinski definition) is 3. The Kier molecular flexibility index (Phi) is 5.41. The van der Waals surface area contributed by atoms with E-state index >= 15 is 0 Å². The summed E-state index contributed by atoms with van der Waals surface area (Å²) in [6.45, 7) is -2.83. The summed E-state index contributed by atoms with van der Waals surface area (Å²) in [5, 5.41) is 14.9. The number of hydrogen-bond acceptors (Lipinski definition) is 5. The maximum Gasteiger partial charge on any atom is 0.387 e. The van der Waals surface area contributed by atoms with Crippen LogP contribution in [0.1, 0.15) is 21.5 Å². The number of amides is 2. The molecule has 140 valence electrons. The van der Waals surface area contributed by atoms with Gasteiger partial charge in [-0.15, -0.1) is 0 Å². The average Bonchev–Trinajstić information content (AvgIpc) is 2.59. The number of phenols is 1. The number of rotatable bonds is 5. The van der Waals surface area contributed by atoms with Crippen molar-refractivity contribution in [2.75, 3.05) is 0 Å². The number of carbonyl (C=O) groups is 2. The second-order valence-electron chi connectivity index (χ2n) is 5.59. The zero-order valence-corrected chi connectivity index (χ0v) is 15.2. The molecule has 0 unspecified atom stereocenters. The molecule has 1 aliphatic heterocycles. The van der Waals surface area contributed by atoms with Gasteiger partial charge in [-0.25, -0.2) is 0 Å². The van der Waals surface area contributed by atoms with Crippen LogP contribution in [0.25, 0.3) is 5.57 Å². The number of alkyl halides is 2. The van der Waals surface area contributed by atoms with Gasteiger partial charge in [-0.3, -0.25) is 14.9 Å². The summed E-state index contributed by atoms with van der Waals surface area (Å²) in [5.41, 5.74) is 1.70. The Morgan fingerprint density at radius 2 is 1.93 bits per heavy atom. The van der Waals surface area contributed by atoms with Crippen LogP contribution in [0.3, 0.4) is 0 Å². The lowest BCUT2D eigenvalue weighted by atomic mass is 9.95. The molecule has 0 aromatic heterocycles. The van der Waals surface area contributed by atoms with Crippen LogP contribution in [0.4, 0.5) is 8.78 Å². The number of ether oxygens (including phenoxy) is 1. The van der Waals surface area contributed by atoms with E-state index in [1.165, 1.54) is 24.4 Å². The highest BCUT2D eigenvalue weighted by Gasteiger charge is 2.27. The number of phenolic OH excluding ortho intramolecular Hbond substituents is 1. The van der Waals surface area contributed by atoms with Gasteiger partial charge in [-0.05, 0) is 35.9 Å². The lowest BCUT2D eigenvalue weighted by molar-refractivity contribution is -0.114. The molecule has 0 fully saturated rings. The Balaban J connectivity index is 1.78. The maximum absolute atomic E-state index is 12.2. The van der Waals surface area contributed by atoms with Gasteiger partial charge < -0.3 is 15.2 Å². The summed E-state index contributed by atoms with van der Waals surface area (Å²) in [6.07, 6.45) is 1.45. The van der Waals surface area contributed by atoms with E-state index in [0.717, 1.165) is 0 Å². The van der Waals surface area contributed by atoms with E-state index in [0.29, 0.717) is 21.2 Å². The van der Waals surface area contributed by atoms with Crippen molar-refractivity contribution in [3.05, 3.63) is 63.8 Å². The topological polar surface area (TPSA) is 87.7 Å². The van der Waals surface area contributed by atoms with E-state index in [2.05, 4.69) is 31.3 Å². The van der Waals surface area contributed by atoms with Crippen LogP contribution in [-0.2, 0) is 11.3 Å². The van der Waals surface area contributed by atoms with E-state index < -0.39 is 24.2 Å². The molecule has 0 saturated heterocycles. The molecule has 0 atom stereocenters. The minimum atomic E-state index is -3.03. The Hall–Kier alpha value is -2.94. The van der Waals surface area contributed by atoms with Crippen molar-refractivity contribution in [3.63, 3.8) is 0 Å². The van der Waals surface area contributed by atoms with Gasteiger partial charge in [0, 0.05) is 28.3 Å². The molecule has 0 saturated carbocycles. The molecular formula is C18H13BrF2N2O4. The van der Waals surface area contributed by atoms with E-state index in [1.54, 1.807) is 18.2 Å². The molecule has 3 rings (SSSR count). The number of halogens is 3. The molecule has 2 aromatic carbocycles. The van der Waals surface area contributed by atoms with Crippen molar-refractivity contribution in [1.29, 1.82) is 0 Å². The molecule has 2 amide bonds. The van der Waals surface area contributed by atoms with Gasteiger partial charge in [0.05, 0.1) is 5.57 Å². The third-order valence-electron chi connectivity index (χ3n) is 3.78. The van der Waals surface area contributed by atoms with Crippen LogP contribution in [0.15, 0.2) is 47.1 Å². The van der Waals surface area contributed by atoms with Crippen LogP contribution in [0.2, 0.25) is 0 Å². The van der Waals surface area contributed by atoms with Gasteiger partial charge in [0.25, 0.3) is 11.8 Å². The third kappa shape index (κ3) is 4.25. The van der Waals surface area contributed by atoms with E-state index in [9.17, 15) is 23.5 Å². The van der Waals surface area contributed by atoms with Gasteiger partial charge in [-0.1, -0.05) is 22.0 Å². The predicted molar refractivity (Wildman–Crippen MR) is 96.2 cm³/mol. The predicted octanol–water partition coefficient (Wildman–Crippen LogP) is 3.16. The fraction of sp³-hybridized carbons (Fsp3) is 0.111. The zero-order chi connectivity index (χ0) is 19.6. The van der Waals surface area contributed by atoms with Crippen LogP contribution in [0, 0.1) is 0 Å². The molecule has 27 heavy (non-hydrogen) atoms. The smallest absolute Gasteiger partial charge is 0.387 e. The van der Waals surface area contributed by atoms with Gasteiger partial charge in [0.2, 0.25) is 0 Å². The molecule has 3 N–H and O–H groups in total. The molecular weight excluding hydrogens is 426 g/mol. The Morgan fingerprint density at radius 3 is 2.63 bits per heavy atom. The van der Waals surface area contributed by atoms with Gasteiger partial charge in [0.1, 0.15) is 0 Å². The number of carbonyl (C=O) groups excluding carboxylic acids is 2. The summed E-state index contributed by atoms with van der Waals surface area (Å²) in [4.78, 5) is 24.0. The van der Waals surface area contributed by atoms with Crippen LogP contribution in [-0.4, -0.2) is 23.5 Å².